The summed E-state index contributed by atoms with van der Waals surface area (Å²) in [5.74, 6) is -0.188. The van der Waals surface area contributed by atoms with E-state index in [4.69, 9.17) is 4.74 Å². The van der Waals surface area contributed by atoms with E-state index in [1.807, 2.05) is 6.92 Å². The van der Waals surface area contributed by atoms with Gasteiger partial charge < -0.3 is 20.2 Å². The summed E-state index contributed by atoms with van der Waals surface area (Å²) in [5, 5.41) is 22.9. The van der Waals surface area contributed by atoms with Gasteiger partial charge in [0.15, 0.2) is 5.01 Å². The van der Waals surface area contributed by atoms with Crippen LogP contribution >= 0.6 is 11.3 Å². The molecule has 0 amide bonds. The lowest BCUT2D eigenvalue weighted by atomic mass is 10.4. The highest BCUT2D eigenvalue weighted by Crippen LogP contribution is 2.24. The molecule has 19 heavy (non-hydrogen) atoms. The molecule has 2 aromatic rings. The van der Waals surface area contributed by atoms with Crippen molar-refractivity contribution in [3.63, 3.8) is 0 Å². The number of aromatic nitrogens is 3. The van der Waals surface area contributed by atoms with Gasteiger partial charge in [-0.3, -0.25) is 0 Å². The molecule has 0 bridgehead atoms. The van der Waals surface area contributed by atoms with E-state index in [-0.39, 0.29) is 18.2 Å². The second-order valence-electron chi connectivity index (χ2n) is 3.40. The number of hydrogen-bond acceptors (Lipinski definition) is 8. The maximum atomic E-state index is 10.8. The zero-order valence-corrected chi connectivity index (χ0v) is 10.9. The number of ether oxygens (including phenoxy) is 1. The maximum Gasteiger partial charge on any atom is 0.406 e. The van der Waals surface area contributed by atoms with E-state index in [0.29, 0.717) is 10.1 Å². The first-order chi connectivity index (χ1) is 9.20. The zero-order chi connectivity index (χ0) is 13.7. The number of hydrogen-bond donors (Lipinski definition) is 1. The molecule has 2 aromatic heterocycles. The number of nitrogens with one attached hydrogen (secondary N) is 1. The molecule has 0 spiro atoms. The molecular formula is C10H11N5O3S. The van der Waals surface area contributed by atoms with Crippen LogP contribution in [0.3, 0.4) is 0 Å². The van der Waals surface area contributed by atoms with Gasteiger partial charge in [-0.05, 0) is 29.0 Å². The number of nitro groups is 1. The Morgan fingerprint density at radius 3 is 3.11 bits per heavy atom. The van der Waals surface area contributed by atoms with Crippen LogP contribution in [0.5, 0.6) is 5.75 Å². The monoisotopic (exact) mass is 281 g/mol. The quantitative estimate of drug-likeness (QED) is 0.636. The van der Waals surface area contributed by atoms with E-state index in [1.54, 1.807) is 6.07 Å². The van der Waals surface area contributed by atoms with E-state index < -0.39 is 4.92 Å². The minimum Gasteiger partial charge on any atom is -0.478 e. The van der Waals surface area contributed by atoms with Crippen molar-refractivity contribution in [3.8, 4) is 5.75 Å². The standard InChI is InChI=1S/C10H11N5O3S/c1-2-11-10-14-13-8(19-10)6-18-7-4-3-5-12-9(7)15(16)17/h3-5H,2,6H2,1H3,(H,11,14). The fourth-order valence-electron chi connectivity index (χ4n) is 1.31. The fraction of sp³-hybridized carbons (Fsp3) is 0.300. The summed E-state index contributed by atoms with van der Waals surface area (Å²) < 4.78 is 5.35. The summed E-state index contributed by atoms with van der Waals surface area (Å²) in [6.45, 7) is 2.83. The minimum absolute atomic E-state index is 0.118. The van der Waals surface area contributed by atoms with Gasteiger partial charge in [-0.15, -0.1) is 10.2 Å². The highest BCUT2D eigenvalue weighted by atomic mass is 32.1. The maximum absolute atomic E-state index is 10.8. The predicted octanol–water partition coefficient (Wildman–Crippen LogP) is 1.85. The Labute approximate surface area is 112 Å². The second kappa shape index (κ2) is 6.05. The Morgan fingerprint density at radius 1 is 1.53 bits per heavy atom. The van der Waals surface area contributed by atoms with Gasteiger partial charge in [0.2, 0.25) is 10.9 Å². The number of rotatable bonds is 6. The van der Waals surface area contributed by atoms with Crippen molar-refractivity contribution in [2.45, 2.75) is 13.5 Å². The number of nitrogens with zero attached hydrogens (tertiary/aromatic N) is 4. The van der Waals surface area contributed by atoms with Gasteiger partial charge in [0.05, 0.1) is 0 Å². The molecule has 1 N–H and O–H groups in total. The molecule has 0 fully saturated rings. The van der Waals surface area contributed by atoms with Crippen LogP contribution < -0.4 is 10.1 Å². The Kier molecular flexibility index (Phi) is 4.18. The van der Waals surface area contributed by atoms with E-state index in [0.717, 1.165) is 6.54 Å². The molecule has 0 saturated heterocycles. The lowest BCUT2D eigenvalue weighted by Gasteiger charge is -2.03. The molecule has 0 aliphatic rings. The van der Waals surface area contributed by atoms with E-state index >= 15 is 0 Å². The normalized spacial score (nSPS) is 10.2. The molecule has 0 radical (unpaired) electrons. The van der Waals surface area contributed by atoms with Gasteiger partial charge in [-0.25, -0.2) is 0 Å². The first kappa shape index (κ1) is 13.1. The molecule has 100 valence electrons. The molecule has 2 heterocycles. The van der Waals surface area contributed by atoms with Crippen molar-refractivity contribution < 1.29 is 9.66 Å². The zero-order valence-electron chi connectivity index (χ0n) is 10.1. The minimum atomic E-state index is -0.584. The molecule has 0 saturated carbocycles. The predicted molar refractivity (Wildman–Crippen MR) is 69.3 cm³/mol. The average molecular weight is 281 g/mol. The first-order valence-corrected chi connectivity index (χ1v) is 6.30. The Bertz CT molecular complexity index is 574. The second-order valence-corrected chi connectivity index (χ2v) is 4.46. The van der Waals surface area contributed by atoms with Crippen LogP contribution in [-0.4, -0.2) is 26.6 Å². The molecule has 9 heteroatoms. The van der Waals surface area contributed by atoms with Crippen LogP contribution in [0.4, 0.5) is 10.9 Å². The van der Waals surface area contributed by atoms with Crippen molar-refractivity contribution in [3.05, 3.63) is 33.5 Å². The molecule has 0 aromatic carbocycles. The van der Waals surface area contributed by atoms with Crippen molar-refractivity contribution in [2.24, 2.45) is 0 Å². The van der Waals surface area contributed by atoms with E-state index in [2.05, 4.69) is 20.5 Å². The van der Waals surface area contributed by atoms with Gasteiger partial charge in [0.25, 0.3) is 0 Å². The smallest absolute Gasteiger partial charge is 0.406 e. The van der Waals surface area contributed by atoms with Gasteiger partial charge in [0.1, 0.15) is 12.8 Å². The number of anilines is 1. The highest BCUT2D eigenvalue weighted by Gasteiger charge is 2.16. The molecule has 2 rings (SSSR count). The third kappa shape index (κ3) is 3.35. The lowest BCUT2D eigenvalue weighted by Crippen LogP contribution is -2.00. The Hall–Kier alpha value is -2.29. The molecule has 0 atom stereocenters. The van der Waals surface area contributed by atoms with Crippen LogP contribution in [0.1, 0.15) is 11.9 Å². The molecule has 8 nitrogen and oxygen atoms in total. The summed E-state index contributed by atoms with van der Waals surface area (Å²) in [7, 11) is 0. The third-order valence-electron chi connectivity index (χ3n) is 2.07. The van der Waals surface area contributed by atoms with Crippen LogP contribution in [0.2, 0.25) is 0 Å². The van der Waals surface area contributed by atoms with Gasteiger partial charge >= 0.3 is 5.82 Å². The van der Waals surface area contributed by atoms with Crippen molar-refractivity contribution in [1.82, 2.24) is 15.2 Å². The largest absolute Gasteiger partial charge is 0.478 e. The molecule has 0 aliphatic heterocycles. The summed E-state index contributed by atoms with van der Waals surface area (Å²) in [6, 6.07) is 3.07. The molecule has 0 aliphatic carbocycles. The van der Waals surface area contributed by atoms with Crippen molar-refractivity contribution >= 4 is 22.3 Å². The summed E-state index contributed by atoms with van der Waals surface area (Å²) in [4.78, 5) is 13.8. The van der Waals surface area contributed by atoms with E-state index in [1.165, 1.54) is 23.6 Å². The van der Waals surface area contributed by atoms with E-state index in [9.17, 15) is 10.1 Å². The van der Waals surface area contributed by atoms with Crippen LogP contribution in [0, 0.1) is 10.1 Å². The van der Waals surface area contributed by atoms with Crippen molar-refractivity contribution in [1.29, 1.82) is 0 Å². The van der Waals surface area contributed by atoms with Crippen LogP contribution in [0.25, 0.3) is 0 Å². The summed E-state index contributed by atoms with van der Waals surface area (Å²) >= 11 is 1.34. The SMILES string of the molecule is CCNc1nnc(COc2cccnc2[N+](=O)[O-])s1. The van der Waals surface area contributed by atoms with Gasteiger partial charge in [0, 0.05) is 6.54 Å². The first-order valence-electron chi connectivity index (χ1n) is 5.49. The molecule has 0 unspecified atom stereocenters. The Balaban J connectivity index is 2.03. The van der Waals surface area contributed by atoms with Crippen LogP contribution in [0.15, 0.2) is 18.3 Å². The summed E-state index contributed by atoms with van der Waals surface area (Å²) in [5.41, 5.74) is 0. The average Bonchev–Trinajstić information content (AvgIpc) is 2.85. The molecular weight excluding hydrogens is 270 g/mol. The lowest BCUT2D eigenvalue weighted by molar-refractivity contribution is -0.390. The van der Waals surface area contributed by atoms with Crippen LogP contribution in [-0.2, 0) is 6.61 Å². The van der Waals surface area contributed by atoms with Crippen molar-refractivity contribution in [2.75, 3.05) is 11.9 Å². The van der Waals surface area contributed by atoms with Gasteiger partial charge in [-0.2, -0.15) is 0 Å². The summed E-state index contributed by atoms with van der Waals surface area (Å²) in [6.07, 6.45) is 1.35. The number of pyridine rings is 1. The highest BCUT2D eigenvalue weighted by molar-refractivity contribution is 7.15. The topological polar surface area (TPSA) is 103 Å². The fourth-order valence-corrected chi connectivity index (χ4v) is 2.03. The Morgan fingerprint density at radius 2 is 2.37 bits per heavy atom. The van der Waals surface area contributed by atoms with Gasteiger partial charge in [-0.1, -0.05) is 11.3 Å². The third-order valence-corrected chi connectivity index (χ3v) is 2.92.